The molecule has 1 rings (SSSR count). The maximum atomic E-state index is 11.8. The van der Waals surface area contributed by atoms with E-state index >= 15 is 0 Å². The minimum atomic E-state index is -0.942. The first-order chi connectivity index (χ1) is 8.93. The van der Waals surface area contributed by atoms with Crippen molar-refractivity contribution >= 4 is 17.6 Å². The van der Waals surface area contributed by atoms with E-state index in [9.17, 15) is 9.59 Å². The molecule has 0 aliphatic carbocycles. The average Bonchev–Trinajstić information content (AvgIpc) is 2.38. The molecule has 1 amide bonds. The first-order valence-corrected chi connectivity index (χ1v) is 6.17. The van der Waals surface area contributed by atoms with Crippen LogP contribution in [0, 0.1) is 5.92 Å². The molecule has 19 heavy (non-hydrogen) atoms. The van der Waals surface area contributed by atoms with Gasteiger partial charge in [-0.3, -0.25) is 14.6 Å². The highest BCUT2D eigenvalue weighted by atomic mass is 16.4. The number of rotatable bonds is 6. The van der Waals surface area contributed by atoms with E-state index in [1.165, 1.54) is 6.20 Å². The number of aliphatic carboxylic acids is 1. The quantitative estimate of drug-likeness (QED) is 0.712. The van der Waals surface area contributed by atoms with Crippen molar-refractivity contribution in [1.82, 2.24) is 4.98 Å². The zero-order valence-electron chi connectivity index (χ0n) is 11.1. The van der Waals surface area contributed by atoms with Crippen LogP contribution in [0.4, 0.5) is 5.69 Å². The minimum Gasteiger partial charge on any atom is -0.481 e. The molecule has 1 aromatic heterocycles. The third-order valence-electron chi connectivity index (χ3n) is 2.98. The van der Waals surface area contributed by atoms with Crippen molar-refractivity contribution in [1.29, 1.82) is 0 Å². The summed E-state index contributed by atoms with van der Waals surface area (Å²) in [6.45, 7) is 3.89. The molecule has 0 bridgehead atoms. The van der Waals surface area contributed by atoms with Crippen LogP contribution in [-0.4, -0.2) is 28.0 Å². The summed E-state index contributed by atoms with van der Waals surface area (Å²) in [5, 5.41) is 11.3. The fourth-order valence-electron chi connectivity index (χ4n) is 1.50. The number of carboxylic acids is 1. The molecular weight excluding hydrogens is 246 g/mol. The molecule has 0 spiro atoms. The number of aromatic nitrogens is 1. The van der Waals surface area contributed by atoms with E-state index in [1.54, 1.807) is 12.1 Å². The summed E-state index contributed by atoms with van der Waals surface area (Å²) in [5.74, 6) is -1.11. The standard InChI is InChI=1S/C13H19N3O3/c1-3-8(2)12(14)13(19)16-10-5-4-9(15-7-10)6-11(17)18/h4-5,7-8,12H,3,6,14H2,1-2H3,(H,16,19)(H,17,18)/t8?,12-/m0/s1. The van der Waals surface area contributed by atoms with Crippen LogP contribution in [0.1, 0.15) is 26.0 Å². The van der Waals surface area contributed by atoms with E-state index in [-0.39, 0.29) is 18.2 Å². The Balaban J connectivity index is 2.62. The Hall–Kier alpha value is -1.95. The molecule has 0 aliphatic rings. The molecular formula is C13H19N3O3. The summed E-state index contributed by atoms with van der Waals surface area (Å²) in [6.07, 6.45) is 2.12. The highest BCUT2D eigenvalue weighted by Gasteiger charge is 2.19. The van der Waals surface area contributed by atoms with E-state index in [2.05, 4.69) is 10.3 Å². The van der Waals surface area contributed by atoms with Gasteiger partial charge in [-0.05, 0) is 18.1 Å². The fourth-order valence-corrected chi connectivity index (χ4v) is 1.50. The van der Waals surface area contributed by atoms with Crippen LogP contribution in [-0.2, 0) is 16.0 Å². The number of nitrogens with zero attached hydrogens (tertiary/aromatic N) is 1. The summed E-state index contributed by atoms with van der Waals surface area (Å²) in [6, 6.07) is 2.62. The van der Waals surface area contributed by atoms with Crippen LogP contribution < -0.4 is 11.1 Å². The Morgan fingerprint density at radius 3 is 2.63 bits per heavy atom. The summed E-state index contributed by atoms with van der Waals surface area (Å²) >= 11 is 0. The maximum absolute atomic E-state index is 11.8. The smallest absolute Gasteiger partial charge is 0.309 e. The van der Waals surface area contributed by atoms with Crippen LogP contribution in [0.25, 0.3) is 0 Å². The van der Waals surface area contributed by atoms with Crippen LogP contribution in [0.2, 0.25) is 0 Å². The maximum Gasteiger partial charge on any atom is 0.309 e. The second-order valence-corrected chi connectivity index (χ2v) is 4.51. The van der Waals surface area contributed by atoms with Crippen molar-refractivity contribution in [3.05, 3.63) is 24.0 Å². The lowest BCUT2D eigenvalue weighted by Crippen LogP contribution is -2.40. The molecule has 2 atom stereocenters. The number of nitrogens with one attached hydrogen (secondary N) is 1. The summed E-state index contributed by atoms with van der Waals surface area (Å²) in [5.41, 5.74) is 6.76. The molecule has 1 heterocycles. The van der Waals surface area contributed by atoms with Crippen molar-refractivity contribution in [3.8, 4) is 0 Å². The summed E-state index contributed by atoms with van der Waals surface area (Å²) < 4.78 is 0. The minimum absolute atomic E-state index is 0.0965. The monoisotopic (exact) mass is 265 g/mol. The molecule has 104 valence electrons. The largest absolute Gasteiger partial charge is 0.481 e. The van der Waals surface area contributed by atoms with E-state index < -0.39 is 12.0 Å². The Morgan fingerprint density at radius 2 is 2.16 bits per heavy atom. The molecule has 4 N–H and O–H groups in total. The topological polar surface area (TPSA) is 105 Å². The second kappa shape index (κ2) is 6.84. The van der Waals surface area contributed by atoms with Crippen LogP contribution >= 0.6 is 0 Å². The zero-order chi connectivity index (χ0) is 14.4. The number of nitrogens with two attached hydrogens (primary N) is 1. The number of pyridine rings is 1. The van der Waals surface area contributed by atoms with Gasteiger partial charge >= 0.3 is 5.97 Å². The van der Waals surface area contributed by atoms with E-state index in [4.69, 9.17) is 10.8 Å². The third kappa shape index (κ3) is 4.67. The van der Waals surface area contributed by atoms with Gasteiger partial charge in [0.2, 0.25) is 5.91 Å². The van der Waals surface area contributed by atoms with Gasteiger partial charge < -0.3 is 16.2 Å². The number of carbonyl (C=O) groups excluding carboxylic acids is 1. The first kappa shape index (κ1) is 15.1. The summed E-state index contributed by atoms with van der Waals surface area (Å²) in [7, 11) is 0. The lowest BCUT2D eigenvalue weighted by Gasteiger charge is -2.17. The molecule has 0 radical (unpaired) electrons. The first-order valence-electron chi connectivity index (χ1n) is 6.17. The van der Waals surface area contributed by atoms with Crippen LogP contribution in [0.5, 0.6) is 0 Å². The Kier molecular flexibility index (Phi) is 5.44. The van der Waals surface area contributed by atoms with Crippen molar-refractivity contribution in [3.63, 3.8) is 0 Å². The third-order valence-corrected chi connectivity index (χ3v) is 2.98. The zero-order valence-corrected chi connectivity index (χ0v) is 11.1. The number of hydrogen-bond donors (Lipinski definition) is 3. The lowest BCUT2D eigenvalue weighted by molar-refractivity contribution is -0.136. The molecule has 6 nitrogen and oxygen atoms in total. The van der Waals surface area contributed by atoms with Crippen molar-refractivity contribution < 1.29 is 14.7 Å². The molecule has 0 aliphatic heterocycles. The molecule has 0 aromatic carbocycles. The van der Waals surface area contributed by atoms with Crippen LogP contribution in [0.15, 0.2) is 18.3 Å². The SMILES string of the molecule is CCC(C)[C@H](N)C(=O)Nc1ccc(CC(=O)O)nc1. The normalized spacial score (nSPS) is 13.6. The molecule has 0 saturated carbocycles. The highest BCUT2D eigenvalue weighted by molar-refractivity contribution is 5.94. The Morgan fingerprint density at radius 1 is 1.47 bits per heavy atom. The number of carbonyl (C=O) groups is 2. The van der Waals surface area contributed by atoms with Gasteiger partial charge in [0.15, 0.2) is 0 Å². The van der Waals surface area contributed by atoms with E-state index in [0.29, 0.717) is 11.4 Å². The fraction of sp³-hybridized carbons (Fsp3) is 0.462. The van der Waals surface area contributed by atoms with Gasteiger partial charge in [-0.1, -0.05) is 20.3 Å². The van der Waals surface area contributed by atoms with Crippen LogP contribution in [0.3, 0.4) is 0 Å². The van der Waals surface area contributed by atoms with Crippen molar-refractivity contribution in [2.75, 3.05) is 5.32 Å². The number of anilines is 1. The van der Waals surface area contributed by atoms with E-state index in [1.807, 2.05) is 13.8 Å². The second-order valence-electron chi connectivity index (χ2n) is 4.51. The molecule has 6 heteroatoms. The van der Waals surface area contributed by atoms with Gasteiger partial charge in [0.1, 0.15) is 0 Å². The predicted octanol–water partition coefficient (Wildman–Crippen LogP) is 1.02. The Bertz CT molecular complexity index is 445. The van der Waals surface area contributed by atoms with Gasteiger partial charge in [0.25, 0.3) is 0 Å². The van der Waals surface area contributed by atoms with Gasteiger partial charge in [-0.25, -0.2) is 0 Å². The number of amides is 1. The van der Waals surface area contributed by atoms with Crippen molar-refractivity contribution in [2.45, 2.75) is 32.7 Å². The molecule has 0 saturated heterocycles. The highest BCUT2D eigenvalue weighted by Crippen LogP contribution is 2.10. The van der Waals surface area contributed by atoms with Gasteiger partial charge in [0.05, 0.1) is 30.0 Å². The molecule has 1 aromatic rings. The Labute approximate surface area is 112 Å². The summed E-state index contributed by atoms with van der Waals surface area (Å²) in [4.78, 5) is 26.3. The lowest BCUT2D eigenvalue weighted by atomic mass is 9.99. The number of carboxylic acid groups (broad SMARTS) is 1. The molecule has 1 unspecified atom stereocenters. The van der Waals surface area contributed by atoms with Gasteiger partial charge in [-0.15, -0.1) is 0 Å². The van der Waals surface area contributed by atoms with E-state index in [0.717, 1.165) is 6.42 Å². The van der Waals surface area contributed by atoms with Gasteiger partial charge in [0, 0.05) is 0 Å². The van der Waals surface area contributed by atoms with Gasteiger partial charge in [-0.2, -0.15) is 0 Å². The molecule has 0 fully saturated rings. The van der Waals surface area contributed by atoms with Crippen molar-refractivity contribution in [2.24, 2.45) is 11.7 Å². The number of hydrogen-bond acceptors (Lipinski definition) is 4. The average molecular weight is 265 g/mol. The predicted molar refractivity (Wildman–Crippen MR) is 71.6 cm³/mol.